The van der Waals surface area contributed by atoms with Gasteiger partial charge in [0.2, 0.25) is 5.91 Å². The number of carbonyl (C=O) groups is 1. The molecule has 0 aromatic carbocycles. The summed E-state index contributed by atoms with van der Waals surface area (Å²) < 4.78 is 0. The van der Waals surface area contributed by atoms with Crippen molar-refractivity contribution in [3.63, 3.8) is 0 Å². The second-order valence-electron chi connectivity index (χ2n) is 7.27. The molecule has 1 amide bonds. The van der Waals surface area contributed by atoms with E-state index in [-0.39, 0.29) is 5.91 Å². The topological polar surface area (TPSA) is 26.8 Å². The molecule has 0 radical (unpaired) electrons. The number of nitrogens with zero attached hydrogens (tertiary/aromatic N) is 3. The lowest BCUT2D eigenvalue weighted by atomic mass is 9.72. The van der Waals surface area contributed by atoms with Gasteiger partial charge < -0.3 is 9.80 Å². The van der Waals surface area contributed by atoms with Crippen LogP contribution in [0.3, 0.4) is 0 Å². The zero-order valence-corrected chi connectivity index (χ0v) is 14.7. The fourth-order valence-electron chi connectivity index (χ4n) is 3.47. The SMILES string of the molecule is CCC#CCN(C)C(=O)CCCN1CC2(C1)CN(C(C)C)C2. The van der Waals surface area contributed by atoms with E-state index >= 15 is 0 Å². The molecule has 0 saturated carbocycles. The second-order valence-corrected chi connectivity index (χ2v) is 7.27. The average molecular weight is 305 g/mol. The standard InChI is InChI=1S/C18H31N3O/c1-5-6-7-10-19(4)17(22)9-8-11-20-12-18(13-20)14-21(15-18)16(2)3/h16H,5,8-15H2,1-4H3. The van der Waals surface area contributed by atoms with E-state index in [4.69, 9.17) is 0 Å². The van der Waals surface area contributed by atoms with Crippen LogP contribution in [0.1, 0.15) is 40.0 Å². The zero-order chi connectivity index (χ0) is 16.2. The van der Waals surface area contributed by atoms with Crippen LogP contribution in [0.2, 0.25) is 0 Å². The quantitative estimate of drug-likeness (QED) is 0.698. The summed E-state index contributed by atoms with van der Waals surface area (Å²) in [6, 6.07) is 0.684. The first kappa shape index (κ1) is 17.3. The minimum atomic E-state index is 0.218. The maximum absolute atomic E-state index is 12.0. The summed E-state index contributed by atoms with van der Waals surface area (Å²) in [5.74, 6) is 6.24. The van der Waals surface area contributed by atoms with Gasteiger partial charge in [-0.25, -0.2) is 0 Å². The monoisotopic (exact) mass is 305 g/mol. The Kier molecular flexibility index (Phi) is 5.88. The molecule has 0 unspecified atom stereocenters. The molecule has 2 rings (SSSR count). The van der Waals surface area contributed by atoms with Crippen molar-refractivity contribution >= 4 is 5.91 Å². The Balaban J connectivity index is 1.55. The van der Waals surface area contributed by atoms with Gasteiger partial charge in [0.25, 0.3) is 0 Å². The molecule has 2 aliphatic heterocycles. The fourth-order valence-corrected chi connectivity index (χ4v) is 3.47. The van der Waals surface area contributed by atoms with Crippen molar-refractivity contribution < 1.29 is 4.79 Å². The first-order chi connectivity index (χ1) is 10.5. The van der Waals surface area contributed by atoms with Crippen molar-refractivity contribution in [2.24, 2.45) is 5.41 Å². The second kappa shape index (κ2) is 7.48. The lowest BCUT2D eigenvalue weighted by Gasteiger charge is -2.61. The highest BCUT2D eigenvalue weighted by Crippen LogP contribution is 2.40. The molecule has 4 nitrogen and oxygen atoms in total. The Morgan fingerprint density at radius 2 is 1.91 bits per heavy atom. The lowest BCUT2D eigenvalue weighted by Crippen LogP contribution is -2.72. The van der Waals surface area contributed by atoms with E-state index in [0.29, 0.717) is 24.4 Å². The van der Waals surface area contributed by atoms with Crippen LogP contribution in [-0.4, -0.2) is 73.0 Å². The van der Waals surface area contributed by atoms with Crippen molar-refractivity contribution in [1.82, 2.24) is 14.7 Å². The number of hydrogen-bond acceptors (Lipinski definition) is 3. The molecule has 0 aromatic rings. The van der Waals surface area contributed by atoms with Crippen LogP contribution in [0, 0.1) is 17.3 Å². The van der Waals surface area contributed by atoms with Gasteiger partial charge in [-0.15, -0.1) is 5.92 Å². The molecule has 0 atom stereocenters. The van der Waals surface area contributed by atoms with Crippen LogP contribution in [0.15, 0.2) is 0 Å². The molecule has 0 aliphatic carbocycles. The number of carbonyl (C=O) groups excluding carboxylic acids is 1. The summed E-state index contributed by atoms with van der Waals surface area (Å²) in [6.45, 7) is 13.2. The van der Waals surface area contributed by atoms with Crippen molar-refractivity contribution in [2.45, 2.75) is 46.1 Å². The molecule has 0 aromatic heterocycles. The Bertz CT molecular complexity index is 435. The molecule has 22 heavy (non-hydrogen) atoms. The van der Waals surface area contributed by atoms with Gasteiger partial charge in [-0.3, -0.25) is 9.69 Å². The summed E-state index contributed by atoms with van der Waals surface area (Å²) in [5, 5.41) is 0. The van der Waals surface area contributed by atoms with E-state index < -0.39 is 0 Å². The molecular formula is C18H31N3O. The van der Waals surface area contributed by atoms with Crippen LogP contribution < -0.4 is 0 Å². The van der Waals surface area contributed by atoms with Crippen LogP contribution in [-0.2, 0) is 4.79 Å². The highest BCUT2D eigenvalue weighted by atomic mass is 16.2. The van der Waals surface area contributed by atoms with E-state index in [1.807, 2.05) is 14.0 Å². The van der Waals surface area contributed by atoms with E-state index in [1.54, 1.807) is 4.90 Å². The highest BCUT2D eigenvalue weighted by Gasteiger charge is 2.51. The third-order valence-corrected chi connectivity index (χ3v) is 4.83. The molecule has 4 heteroatoms. The smallest absolute Gasteiger partial charge is 0.223 e. The molecule has 2 aliphatic rings. The Hall–Kier alpha value is -1.05. The zero-order valence-electron chi connectivity index (χ0n) is 14.7. The van der Waals surface area contributed by atoms with Crippen LogP contribution in [0.25, 0.3) is 0 Å². The highest BCUT2D eigenvalue weighted by molar-refractivity contribution is 5.76. The van der Waals surface area contributed by atoms with Gasteiger partial charge in [0.1, 0.15) is 0 Å². The first-order valence-electron chi connectivity index (χ1n) is 8.62. The van der Waals surface area contributed by atoms with E-state index in [9.17, 15) is 4.79 Å². The average Bonchev–Trinajstić information content (AvgIpc) is 2.38. The van der Waals surface area contributed by atoms with Crippen molar-refractivity contribution in [3.05, 3.63) is 0 Å². The number of hydrogen-bond donors (Lipinski definition) is 0. The summed E-state index contributed by atoms with van der Waals surface area (Å²) in [5.41, 5.74) is 0.584. The summed E-state index contributed by atoms with van der Waals surface area (Å²) in [6.07, 6.45) is 2.47. The number of rotatable bonds is 6. The molecule has 0 bridgehead atoms. The summed E-state index contributed by atoms with van der Waals surface area (Å²) in [4.78, 5) is 18.8. The lowest BCUT2D eigenvalue weighted by molar-refractivity contribution is -0.132. The minimum absolute atomic E-state index is 0.218. The van der Waals surface area contributed by atoms with Gasteiger partial charge in [0.15, 0.2) is 0 Å². The van der Waals surface area contributed by atoms with Gasteiger partial charge in [0, 0.05) is 57.5 Å². The first-order valence-corrected chi connectivity index (χ1v) is 8.62. The van der Waals surface area contributed by atoms with Crippen LogP contribution in [0.4, 0.5) is 0 Å². The predicted molar refractivity (Wildman–Crippen MR) is 90.5 cm³/mol. The van der Waals surface area contributed by atoms with E-state index in [2.05, 4.69) is 35.5 Å². The number of likely N-dealkylation sites (tertiary alicyclic amines) is 2. The van der Waals surface area contributed by atoms with Crippen molar-refractivity contribution in [2.75, 3.05) is 46.3 Å². The van der Waals surface area contributed by atoms with Gasteiger partial charge in [-0.05, 0) is 26.8 Å². The molecule has 0 N–H and O–H groups in total. The Morgan fingerprint density at radius 1 is 1.23 bits per heavy atom. The maximum atomic E-state index is 12.0. The minimum Gasteiger partial charge on any atom is -0.335 e. The van der Waals surface area contributed by atoms with Crippen molar-refractivity contribution in [1.29, 1.82) is 0 Å². The van der Waals surface area contributed by atoms with E-state index in [1.165, 1.54) is 26.2 Å². The summed E-state index contributed by atoms with van der Waals surface area (Å²) in [7, 11) is 1.85. The van der Waals surface area contributed by atoms with Gasteiger partial charge in [0.05, 0.1) is 6.54 Å². The van der Waals surface area contributed by atoms with Crippen LogP contribution in [0.5, 0.6) is 0 Å². The molecule has 2 saturated heterocycles. The Morgan fingerprint density at radius 3 is 2.50 bits per heavy atom. The Labute approximate surface area is 135 Å². The predicted octanol–water partition coefficient (Wildman–Crippen LogP) is 1.66. The summed E-state index contributed by atoms with van der Waals surface area (Å²) >= 11 is 0. The third-order valence-electron chi connectivity index (χ3n) is 4.83. The molecule has 2 heterocycles. The largest absolute Gasteiger partial charge is 0.335 e. The fraction of sp³-hybridized carbons (Fsp3) is 0.833. The van der Waals surface area contributed by atoms with Gasteiger partial charge in [-0.1, -0.05) is 12.8 Å². The third kappa shape index (κ3) is 4.24. The maximum Gasteiger partial charge on any atom is 0.223 e. The molecule has 2 fully saturated rings. The van der Waals surface area contributed by atoms with Crippen LogP contribution >= 0.6 is 0 Å². The normalized spacial score (nSPS) is 20.2. The molecule has 124 valence electrons. The number of amides is 1. The van der Waals surface area contributed by atoms with Gasteiger partial charge >= 0.3 is 0 Å². The van der Waals surface area contributed by atoms with Gasteiger partial charge in [-0.2, -0.15) is 0 Å². The molecule has 1 spiro atoms. The van der Waals surface area contributed by atoms with Crippen molar-refractivity contribution in [3.8, 4) is 11.8 Å². The van der Waals surface area contributed by atoms with E-state index in [0.717, 1.165) is 19.4 Å². The molecular weight excluding hydrogens is 274 g/mol.